The molecule has 4 aromatic rings. The van der Waals surface area contributed by atoms with Crippen LogP contribution >= 0.6 is 22.9 Å². The highest BCUT2D eigenvalue weighted by Gasteiger charge is 2.23. The lowest BCUT2D eigenvalue weighted by Crippen LogP contribution is -2.29. The van der Waals surface area contributed by atoms with Crippen LogP contribution in [0.5, 0.6) is 5.75 Å². The minimum atomic E-state index is -4.10. The maximum atomic E-state index is 13.0. The van der Waals surface area contributed by atoms with Crippen LogP contribution in [0.15, 0.2) is 87.7 Å². The Hall–Kier alpha value is -3.07. The van der Waals surface area contributed by atoms with Crippen molar-refractivity contribution in [1.29, 1.82) is 0 Å². The Labute approximate surface area is 201 Å². The first-order chi connectivity index (χ1) is 15.8. The van der Waals surface area contributed by atoms with E-state index in [0.29, 0.717) is 29.3 Å². The molecule has 2 aromatic heterocycles. The lowest BCUT2D eigenvalue weighted by Gasteiger charge is -2.21. The number of furan rings is 1. The Balaban J connectivity index is 1.52. The van der Waals surface area contributed by atoms with Gasteiger partial charge in [0, 0.05) is 6.54 Å². The van der Waals surface area contributed by atoms with Crippen molar-refractivity contribution in [2.45, 2.75) is 24.9 Å². The highest BCUT2D eigenvalue weighted by Crippen LogP contribution is 2.28. The summed E-state index contributed by atoms with van der Waals surface area (Å²) < 4.78 is 36.2. The highest BCUT2D eigenvalue weighted by atomic mass is 35.5. The summed E-state index contributed by atoms with van der Waals surface area (Å²) in [6.07, 6.45) is 1.57. The fraction of sp³-hybridized carbons (Fsp3) is 0.125. The topological polar surface area (TPSA) is 76.8 Å². The number of halogens is 1. The summed E-state index contributed by atoms with van der Waals surface area (Å²) in [5.74, 6) is 0.708. The molecule has 0 aliphatic heterocycles. The second-order valence-electron chi connectivity index (χ2n) is 7.29. The minimum absolute atomic E-state index is 0.0538. The van der Waals surface area contributed by atoms with Gasteiger partial charge in [-0.3, -0.25) is 4.79 Å². The van der Waals surface area contributed by atoms with Gasteiger partial charge in [-0.1, -0.05) is 41.9 Å². The monoisotopic (exact) mass is 501 g/mol. The van der Waals surface area contributed by atoms with E-state index in [1.807, 2.05) is 17.5 Å². The molecule has 0 spiro atoms. The first-order valence-electron chi connectivity index (χ1n) is 9.97. The zero-order valence-electron chi connectivity index (χ0n) is 17.6. The number of amides is 1. The van der Waals surface area contributed by atoms with Crippen LogP contribution in [-0.2, 0) is 23.2 Å². The van der Waals surface area contributed by atoms with Crippen LogP contribution in [0.2, 0.25) is 5.02 Å². The van der Waals surface area contributed by atoms with Crippen LogP contribution in [0.25, 0.3) is 0 Å². The summed E-state index contributed by atoms with van der Waals surface area (Å²) in [6.45, 7) is 2.28. The van der Waals surface area contributed by atoms with Crippen LogP contribution < -0.4 is 4.18 Å². The lowest BCUT2D eigenvalue weighted by atomic mass is 10.2. The van der Waals surface area contributed by atoms with Crippen molar-refractivity contribution in [2.24, 2.45) is 0 Å². The van der Waals surface area contributed by atoms with E-state index in [-0.39, 0.29) is 21.6 Å². The van der Waals surface area contributed by atoms with E-state index >= 15 is 0 Å². The summed E-state index contributed by atoms with van der Waals surface area (Å²) in [4.78, 5) is 15.2. The van der Waals surface area contributed by atoms with Crippen LogP contribution in [0.1, 0.15) is 26.6 Å². The van der Waals surface area contributed by atoms with E-state index in [2.05, 4.69) is 0 Å². The fourth-order valence-corrected chi connectivity index (χ4v) is 5.73. The summed E-state index contributed by atoms with van der Waals surface area (Å²) in [5.41, 5.74) is 1.31. The molecule has 33 heavy (non-hydrogen) atoms. The van der Waals surface area contributed by atoms with Crippen molar-refractivity contribution in [3.05, 3.63) is 105 Å². The van der Waals surface area contributed by atoms with Gasteiger partial charge in [0.25, 0.3) is 5.91 Å². The number of benzene rings is 2. The Morgan fingerprint density at radius 1 is 1.03 bits per heavy atom. The van der Waals surface area contributed by atoms with Gasteiger partial charge in [0.2, 0.25) is 0 Å². The molecule has 6 nitrogen and oxygen atoms in total. The van der Waals surface area contributed by atoms with Crippen molar-refractivity contribution >= 4 is 39.0 Å². The molecule has 0 N–H and O–H groups in total. The number of rotatable bonds is 8. The average molecular weight is 502 g/mol. The van der Waals surface area contributed by atoms with Crippen LogP contribution in [0.4, 0.5) is 0 Å². The Bertz CT molecular complexity index is 1310. The van der Waals surface area contributed by atoms with Gasteiger partial charge in [-0.15, -0.1) is 11.3 Å². The van der Waals surface area contributed by atoms with Gasteiger partial charge in [0.05, 0.1) is 22.7 Å². The van der Waals surface area contributed by atoms with Crippen molar-refractivity contribution in [2.75, 3.05) is 0 Å². The second-order valence-corrected chi connectivity index (χ2v) is 10.1. The van der Waals surface area contributed by atoms with Gasteiger partial charge in [-0.25, -0.2) is 0 Å². The van der Waals surface area contributed by atoms with Gasteiger partial charge in [-0.2, -0.15) is 8.42 Å². The summed E-state index contributed by atoms with van der Waals surface area (Å²) in [5, 5.41) is 1.96. The molecule has 0 saturated carbocycles. The molecule has 4 rings (SSSR count). The Kier molecular flexibility index (Phi) is 6.88. The SMILES string of the molecule is Cc1cccc(Cl)c1S(=O)(=O)Oc1ccc(CN(Cc2ccco2)C(=O)c2cccs2)cc1. The Morgan fingerprint density at radius 2 is 1.82 bits per heavy atom. The quantitative estimate of drug-likeness (QED) is 0.280. The molecule has 9 heteroatoms. The van der Waals surface area contributed by atoms with E-state index in [0.717, 1.165) is 5.56 Å². The predicted molar refractivity (Wildman–Crippen MR) is 127 cm³/mol. The zero-order valence-corrected chi connectivity index (χ0v) is 20.0. The first kappa shape index (κ1) is 23.1. The van der Waals surface area contributed by atoms with Crippen LogP contribution in [-0.4, -0.2) is 19.2 Å². The highest BCUT2D eigenvalue weighted by molar-refractivity contribution is 7.87. The summed E-state index contributed by atoms with van der Waals surface area (Å²) in [6, 6.07) is 18.6. The van der Waals surface area contributed by atoms with Gasteiger partial charge in [0.1, 0.15) is 16.4 Å². The molecule has 1 amide bonds. The molecular weight excluding hydrogens is 482 g/mol. The predicted octanol–water partition coefficient (Wildman–Crippen LogP) is 5.91. The first-order valence-corrected chi connectivity index (χ1v) is 12.6. The third-order valence-corrected chi connectivity index (χ3v) is 7.60. The van der Waals surface area contributed by atoms with Crippen molar-refractivity contribution < 1.29 is 21.8 Å². The van der Waals surface area contributed by atoms with Crippen molar-refractivity contribution in [3.63, 3.8) is 0 Å². The number of carbonyl (C=O) groups is 1. The smallest absolute Gasteiger partial charge is 0.340 e. The molecule has 0 bridgehead atoms. The molecule has 0 aliphatic rings. The molecule has 0 radical (unpaired) electrons. The minimum Gasteiger partial charge on any atom is -0.467 e. The average Bonchev–Trinajstić information content (AvgIpc) is 3.48. The maximum absolute atomic E-state index is 13.0. The Morgan fingerprint density at radius 3 is 2.45 bits per heavy atom. The number of nitrogens with zero attached hydrogens (tertiary/aromatic N) is 1. The lowest BCUT2D eigenvalue weighted by molar-refractivity contribution is 0.0722. The standard InChI is InChI=1S/C24H20ClNO5S2/c1-17-5-2-7-21(25)23(17)33(28,29)31-19-11-9-18(10-12-19)15-26(16-20-6-3-13-30-20)24(27)22-8-4-14-32-22/h2-14H,15-16H2,1H3. The normalized spacial score (nSPS) is 11.3. The molecule has 170 valence electrons. The third-order valence-electron chi connectivity index (χ3n) is 4.86. The number of hydrogen-bond donors (Lipinski definition) is 0. The second kappa shape index (κ2) is 9.82. The van der Waals surface area contributed by atoms with Gasteiger partial charge >= 0.3 is 10.1 Å². The van der Waals surface area contributed by atoms with Gasteiger partial charge in [0.15, 0.2) is 0 Å². The molecule has 0 aliphatic carbocycles. The molecule has 0 unspecified atom stereocenters. The van der Waals surface area contributed by atoms with E-state index < -0.39 is 10.1 Å². The van der Waals surface area contributed by atoms with Gasteiger partial charge < -0.3 is 13.5 Å². The number of thiophene rings is 1. The molecule has 2 heterocycles. The van der Waals surface area contributed by atoms with Crippen LogP contribution in [0.3, 0.4) is 0 Å². The molecule has 0 saturated heterocycles. The fourth-order valence-electron chi connectivity index (χ4n) is 3.32. The number of hydrogen-bond acceptors (Lipinski definition) is 6. The number of aryl methyl sites for hydroxylation is 1. The zero-order chi connectivity index (χ0) is 23.4. The number of carbonyl (C=O) groups excluding carboxylic acids is 1. The molecule has 0 atom stereocenters. The van der Waals surface area contributed by atoms with E-state index in [1.165, 1.54) is 17.4 Å². The molecular formula is C24H20ClNO5S2. The van der Waals surface area contributed by atoms with E-state index in [9.17, 15) is 13.2 Å². The van der Waals surface area contributed by atoms with E-state index in [1.54, 1.807) is 66.6 Å². The molecule has 0 fully saturated rings. The van der Waals surface area contributed by atoms with Crippen molar-refractivity contribution in [1.82, 2.24) is 4.90 Å². The molecule has 2 aromatic carbocycles. The van der Waals surface area contributed by atoms with Gasteiger partial charge in [-0.05, 0) is 59.8 Å². The van der Waals surface area contributed by atoms with E-state index in [4.69, 9.17) is 20.2 Å². The summed E-state index contributed by atoms with van der Waals surface area (Å²) >= 11 is 7.46. The van der Waals surface area contributed by atoms with Crippen molar-refractivity contribution in [3.8, 4) is 5.75 Å². The third kappa shape index (κ3) is 5.47. The van der Waals surface area contributed by atoms with Crippen LogP contribution in [0, 0.1) is 6.92 Å². The maximum Gasteiger partial charge on any atom is 0.340 e. The summed E-state index contributed by atoms with van der Waals surface area (Å²) in [7, 11) is -4.10. The largest absolute Gasteiger partial charge is 0.467 e.